The molecule has 1 rings (SSSR count). The standard InChI is InChI=1S/C14H20O5/c1-10(17)7-11(8-15)3-2-4-13(18)14-6-5-12(9-16)19-14/h2,5-6,10,13,15-18H,4,7-9H2,1H3/t3?,10-,13+/m0/s1. The minimum Gasteiger partial charge on any atom is -0.461 e. The van der Waals surface area contributed by atoms with Gasteiger partial charge in [-0.1, -0.05) is 0 Å². The van der Waals surface area contributed by atoms with E-state index >= 15 is 0 Å². The maximum absolute atomic E-state index is 9.83. The molecule has 0 bridgehead atoms. The van der Waals surface area contributed by atoms with E-state index in [-0.39, 0.29) is 19.6 Å². The fourth-order valence-electron chi connectivity index (χ4n) is 1.62. The van der Waals surface area contributed by atoms with Gasteiger partial charge in [-0.2, -0.15) is 0 Å². The third kappa shape index (κ3) is 5.42. The van der Waals surface area contributed by atoms with Crippen molar-refractivity contribution in [3.8, 4) is 0 Å². The topological polar surface area (TPSA) is 94.1 Å². The van der Waals surface area contributed by atoms with Gasteiger partial charge < -0.3 is 24.8 Å². The van der Waals surface area contributed by atoms with Gasteiger partial charge in [0.25, 0.3) is 0 Å². The Morgan fingerprint density at radius 3 is 2.63 bits per heavy atom. The lowest BCUT2D eigenvalue weighted by Crippen LogP contribution is -2.03. The van der Waals surface area contributed by atoms with Crippen LogP contribution in [0, 0.1) is 0 Å². The molecule has 0 radical (unpaired) electrons. The molecule has 4 N–H and O–H groups in total. The van der Waals surface area contributed by atoms with Crippen molar-refractivity contribution in [1.82, 2.24) is 0 Å². The van der Waals surface area contributed by atoms with Crippen LogP contribution in [0.3, 0.4) is 0 Å². The van der Waals surface area contributed by atoms with E-state index in [9.17, 15) is 10.2 Å². The molecule has 5 heteroatoms. The van der Waals surface area contributed by atoms with Gasteiger partial charge in [0.05, 0.1) is 12.7 Å². The molecule has 1 aromatic heterocycles. The molecule has 0 aliphatic rings. The average molecular weight is 268 g/mol. The van der Waals surface area contributed by atoms with Gasteiger partial charge in [0.1, 0.15) is 24.2 Å². The molecule has 0 fully saturated rings. The zero-order valence-corrected chi connectivity index (χ0v) is 10.9. The Labute approximate surface area is 112 Å². The molecular formula is C14H20O5. The van der Waals surface area contributed by atoms with Gasteiger partial charge >= 0.3 is 0 Å². The van der Waals surface area contributed by atoms with E-state index in [2.05, 4.69) is 5.73 Å². The van der Waals surface area contributed by atoms with Crippen LogP contribution in [-0.4, -0.2) is 33.1 Å². The second-order valence-corrected chi connectivity index (χ2v) is 4.38. The highest BCUT2D eigenvalue weighted by Gasteiger charge is 2.10. The van der Waals surface area contributed by atoms with Crippen molar-refractivity contribution in [2.24, 2.45) is 0 Å². The van der Waals surface area contributed by atoms with Crippen LogP contribution in [0.4, 0.5) is 0 Å². The Hall–Kier alpha value is -1.36. The third-order valence-electron chi connectivity index (χ3n) is 2.55. The maximum Gasteiger partial charge on any atom is 0.133 e. The number of aliphatic hydroxyl groups excluding tert-OH is 4. The predicted octanol–water partition coefficient (Wildman–Crippen LogP) is 1.04. The Balaban J connectivity index is 2.61. The molecule has 5 nitrogen and oxygen atoms in total. The van der Waals surface area contributed by atoms with E-state index in [0.717, 1.165) is 0 Å². The summed E-state index contributed by atoms with van der Waals surface area (Å²) >= 11 is 0. The zero-order valence-electron chi connectivity index (χ0n) is 10.9. The van der Waals surface area contributed by atoms with Gasteiger partial charge in [-0.15, -0.1) is 5.73 Å². The fourth-order valence-corrected chi connectivity index (χ4v) is 1.62. The highest BCUT2D eigenvalue weighted by atomic mass is 16.4. The normalized spacial score (nSPS) is 13.7. The summed E-state index contributed by atoms with van der Waals surface area (Å²) in [6.07, 6.45) is 0.865. The molecule has 0 saturated heterocycles. The molecule has 0 aliphatic heterocycles. The van der Waals surface area contributed by atoms with Gasteiger partial charge in [0.2, 0.25) is 0 Å². The smallest absolute Gasteiger partial charge is 0.133 e. The van der Waals surface area contributed by atoms with E-state index in [1.54, 1.807) is 25.1 Å². The van der Waals surface area contributed by atoms with Crippen molar-refractivity contribution in [2.75, 3.05) is 6.61 Å². The van der Waals surface area contributed by atoms with Gasteiger partial charge in [-0.3, -0.25) is 0 Å². The number of furan rings is 1. The van der Waals surface area contributed by atoms with Crippen LogP contribution in [-0.2, 0) is 6.61 Å². The number of rotatable bonds is 7. The molecule has 1 heterocycles. The van der Waals surface area contributed by atoms with Gasteiger partial charge in [-0.05, 0) is 30.7 Å². The molecular weight excluding hydrogens is 248 g/mol. The van der Waals surface area contributed by atoms with Crippen LogP contribution in [0.25, 0.3) is 0 Å². The summed E-state index contributed by atoms with van der Waals surface area (Å²) in [7, 11) is 0. The van der Waals surface area contributed by atoms with Crippen molar-refractivity contribution in [3.63, 3.8) is 0 Å². The maximum atomic E-state index is 9.83. The van der Waals surface area contributed by atoms with Gasteiger partial charge in [-0.25, -0.2) is 0 Å². The summed E-state index contributed by atoms with van der Waals surface area (Å²) in [5, 5.41) is 36.9. The minimum absolute atomic E-state index is 0.174. The third-order valence-corrected chi connectivity index (χ3v) is 2.55. The first kappa shape index (κ1) is 15.7. The molecule has 2 atom stereocenters. The number of hydrogen-bond acceptors (Lipinski definition) is 5. The number of aliphatic hydroxyl groups is 4. The number of hydrogen-bond donors (Lipinski definition) is 4. The second-order valence-electron chi connectivity index (χ2n) is 4.38. The largest absolute Gasteiger partial charge is 0.461 e. The summed E-state index contributed by atoms with van der Waals surface area (Å²) in [6, 6.07) is 3.21. The monoisotopic (exact) mass is 268 g/mol. The van der Waals surface area contributed by atoms with Gasteiger partial charge in [0, 0.05) is 12.8 Å². The molecule has 19 heavy (non-hydrogen) atoms. The molecule has 0 unspecified atom stereocenters. The minimum atomic E-state index is -0.820. The Morgan fingerprint density at radius 1 is 1.37 bits per heavy atom. The van der Waals surface area contributed by atoms with Crippen molar-refractivity contribution in [1.29, 1.82) is 0 Å². The molecule has 0 aromatic carbocycles. The van der Waals surface area contributed by atoms with E-state index in [4.69, 9.17) is 14.6 Å². The molecule has 0 aliphatic carbocycles. The molecule has 0 saturated carbocycles. The highest BCUT2D eigenvalue weighted by molar-refractivity contribution is 5.10. The molecule has 0 spiro atoms. The second kappa shape index (κ2) is 7.94. The van der Waals surface area contributed by atoms with Crippen LogP contribution in [0.15, 0.2) is 33.9 Å². The van der Waals surface area contributed by atoms with Crippen LogP contribution < -0.4 is 0 Å². The fraction of sp³-hybridized carbons (Fsp3) is 0.500. The molecule has 106 valence electrons. The average Bonchev–Trinajstić information content (AvgIpc) is 2.85. The molecule has 0 amide bonds. The summed E-state index contributed by atoms with van der Waals surface area (Å²) in [5.41, 5.74) is 3.43. The first-order valence-electron chi connectivity index (χ1n) is 6.16. The summed E-state index contributed by atoms with van der Waals surface area (Å²) in [6.45, 7) is 1.25. The van der Waals surface area contributed by atoms with Crippen molar-refractivity contribution < 1.29 is 24.8 Å². The highest BCUT2D eigenvalue weighted by Crippen LogP contribution is 2.20. The first-order chi connectivity index (χ1) is 9.06. The summed E-state index contributed by atoms with van der Waals surface area (Å²) in [5.74, 6) is 0.780. The lowest BCUT2D eigenvalue weighted by Gasteiger charge is -2.04. The van der Waals surface area contributed by atoms with Gasteiger partial charge in [0.15, 0.2) is 0 Å². The van der Waals surface area contributed by atoms with Crippen LogP contribution in [0.2, 0.25) is 0 Å². The SMILES string of the molecule is C[C@H](O)CC(=C=CC[C@@H](O)c1ccc(CO)o1)CO. The zero-order chi connectivity index (χ0) is 14.3. The van der Waals surface area contributed by atoms with Crippen molar-refractivity contribution in [2.45, 2.75) is 38.6 Å². The molecule has 1 aromatic rings. The van der Waals surface area contributed by atoms with E-state index in [1.165, 1.54) is 0 Å². The summed E-state index contributed by atoms with van der Waals surface area (Å²) < 4.78 is 5.20. The lowest BCUT2D eigenvalue weighted by molar-refractivity contribution is 0.145. The van der Waals surface area contributed by atoms with E-state index in [1.807, 2.05) is 0 Å². The van der Waals surface area contributed by atoms with Crippen LogP contribution in [0.1, 0.15) is 37.4 Å². The Kier molecular flexibility index (Phi) is 6.56. The predicted molar refractivity (Wildman–Crippen MR) is 69.2 cm³/mol. The Morgan fingerprint density at radius 2 is 2.11 bits per heavy atom. The Bertz CT molecular complexity index is 440. The lowest BCUT2D eigenvalue weighted by atomic mass is 10.1. The van der Waals surface area contributed by atoms with Crippen molar-refractivity contribution >= 4 is 0 Å². The van der Waals surface area contributed by atoms with E-state index < -0.39 is 12.2 Å². The quantitative estimate of drug-likeness (QED) is 0.554. The van der Waals surface area contributed by atoms with Crippen molar-refractivity contribution in [3.05, 3.63) is 41.0 Å². The van der Waals surface area contributed by atoms with Crippen LogP contribution >= 0.6 is 0 Å². The first-order valence-corrected chi connectivity index (χ1v) is 6.16. The van der Waals surface area contributed by atoms with Crippen LogP contribution in [0.5, 0.6) is 0 Å². The summed E-state index contributed by atoms with van der Waals surface area (Å²) in [4.78, 5) is 0. The van der Waals surface area contributed by atoms with E-state index in [0.29, 0.717) is 23.5 Å².